The van der Waals surface area contributed by atoms with E-state index in [9.17, 15) is 20.1 Å². The van der Waals surface area contributed by atoms with Gasteiger partial charge in [-0.25, -0.2) is 0 Å². The summed E-state index contributed by atoms with van der Waals surface area (Å²) in [5.41, 5.74) is 2.96. The predicted octanol–water partition coefficient (Wildman–Crippen LogP) is 5.26. The molecule has 0 radical (unpaired) electrons. The van der Waals surface area contributed by atoms with Crippen molar-refractivity contribution in [3.8, 4) is 12.1 Å². The lowest BCUT2D eigenvalue weighted by molar-refractivity contribution is -0.118. The summed E-state index contributed by atoms with van der Waals surface area (Å²) in [6.45, 7) is 3.70. The molecule has 0 unspecified atom stereocenters. The molecule has 0 bridgehead atoms. The van der Waals surface area contributed by atoms with E-state index in [1.807, 2.05) is 86.6 Å². The summed E-state index contributed by atoms with van der Waals surface area (Å²) in [6.07, 6.45) is 2.96. The van der Waals surface area contributed by atoms with Crippen LogP contribution in [0, 0.1) is 22.7 Å². The summed E-state index contributed by atoms with van der Waals surface area (Å²) in [7, 11) is 0. The van der Waals surface area contributed by atoms with Crippen LogP contribution in [0.25, 0.3) is 12.2 Å². The van der Waals surface area contributed by atoms with Crippen LogP contribution in [0.1, 0.15) is 48.2 Å². The highest BCUT2D eigenvalue weighted by atomic mass is 16.2. The summed E-state index contributed by atoms with van der Waals surface area (Å²) < 4.78 is 0. The molecule has 0 aliphatic rings. The molecule has 3 aromatic rings. The van der Waals surface area contributed by atoms with Gasteiger partial charge in [-0.05, 0) is 54.3 Å². The average molecular weight is 475 g/mol. The monoisotopic (exact) mass is 474 g/mol. The summed E-state index contributed by atoms with van der Waals surface area (Å²) >= 11 is 0. The highest BCUT2D eigenvalue weighted by Gasteiger charge is 2.15. The van der Waals surface area contributed by atoms with Crippen LogP contribution in [0.3, 0.4) is 0 Å². The summed E-state index contributed by atoms with van der Waals surface area (Å²) in [4.78, 5) is 25.3. The molecule has 178 valence electrons. The van der Waals surface area contributed by atoms with Gasteiger partial charge < -0.3 is 10.6 Å². The molecule has 6 heteroatoms. The number of hydrogen-bond donors (Lipinski definition) is 2. The molecule has 3 aromatic carbocycles. The van der Waals surface area contributed by atoms with Crippen molar-refractivity contribution in [3.05, 3.63) is 118 Å². The van der Waals surface area contributed by atoms with E-state index in [1.54, 1.807) is 24.3 Å². The third kappa shape index (κ3) is 7.03. The number of nitrogens with zero attached hydrogens (tertiary/aromatic N) is 2. The minimum atomic E-state index is -0.484. The standard InChI is InChI=1S/C30H26N4O2/c1-21(25-12-5-3-6-13-25)33-29(35)27(19-31)17-23-10-9-11-24(16-23)18-28(20-32)30(36)34-22(2)26-14-7-4-8-15-26/h3-18,21-22H,1-2H3,(H,33,35)(H,34,36)/b27-17+,28-18+/t21-,22-/m0/s1. The van der Waals surface area contributed by atoms with Crippen LogP contribution < -0.4 is 10.6 Å². The van der Waals surface area contributed by atoms with Crippen molar-refractivity contribution in [1.82, 2.24) is 10.6 Å². The van der Waals surface area contributed by atoms with Crippen LogP contribution in [0.4, 0.5) is 0 Å². The number of nitrogens with one attached hydrogen (secondary N) is 2. The SMILES string of the molecule is C[C@H](NC(=O)/C(C#N)=C/c1cccc(/C=C(\C#N)C(=O)N[C@@H](C)c2ccccc2)c1)c1ccccc1. The molecule has 6 nitrogen and oxygen atoms in total. The molecule has 2 atom stereocenters. The van der Waals surface area contributed by atoms with Gasteiger partial charge in [0.25, 0.3) is 11.8 Å². The zero-order chi connectivity index (χ0) is 25.9. The van der Waals surface area contributed by atoms with E-state index >= 15 is 0 Å². The van der Waals surface area contributed by atoms with Crippen LogP contribution in [0.15, 0.2) is 96.1 Å². The lowest BCUT2D eigenvalue weighted by atomic mass is 10.0. The fourth-order valence-electron chi connectivity index (χ4n) is 3.57. The first kappa shape index (κ1) is 25.7. The van der Waals surface area contributed by atoms with Gasteiger partial charge in [0.1, 0.15) is 23.3 Å². The molecular weight excluding hydrogens is 448 g/mol. The van der Waals surface area contributed by atoms with Crippen molar-refractivity contribution in [2.24, 2.45) is 0 Å². The average Bonchev–Trinajstić information content (AvgIpc) is 2.91. The van der Waals surface area contributed by atoms with E-state index < -0.39 is 11.8 Å². The highest BCUT2D eigenvalue weighted by Crippen LogP contribution is 2.17. The van der Waals surface area contributed by atoms with Gasteiger partial charge in [-0.1, -0.05) is 78.9 Å². The second-order valence-electron chi connectivity index (χ2n) is 8.22. The van der Waals surface area contributed by atoms with Crippen LogP contribution in [0.2, 0.25) is 0 Å². The second-order valence-corrected chi connectivity index (χ2v) is 8.22. The van der Waals surface area contributed by atoms with Gasteiger partial charge in [-0.3, -0.25) is 9.59 Å². The van der Waals surface area contributed by atoms with E-state index in [-0.39, 0.29) is 23.2 Å². The Balaban J connectivity index is 1.75. The normalized spacial score (nSPS) is 13.0. The fraction of sp³-hybridized carbons (Fsp3) is 0.133. The number of amides is 2. The first-order chi connectivity index (χ1) is 17.4. The Kier molecular flexibility index (Phi) is 8.92. The van der Waals surface area contributed by atoms with Crippen molar-refractivity contribution < 1.29 is 9.59 Å². The zero-order valence-electron chi connectivity index (χ0n) is 20.1. The quantitative estimate of drug-likeness (QED) is 0.343. The minimum absolute atomic E-state index is 0.0474. The number of hydrogen-bond acceptors (Lipinski definition) is 4. The van der Waals surface area contributed by atoms with Crippen LogP contribution in [-0.2, 0) is 9.59 Å². The maximum atomic E-state index is 12.7. The molecule has 0 spiro atoms. The molecule has 0 fully saturated rings. The van der Waals surface area contributed by atoms with Crippen molar-refractivity contribution in [2.45, 2.75) is 25.9 Å². The molecule has 0 saturated carbocycles. The lowest BCUT2D eigenvalue weighted by Crippen LogP contribution is -2.27. The molecule has 3 rings (SSSR count). The van der Waals surface area contributed by atoms with Crippen molar-refractivity contribution in [3.63, 3.8) is 0 Å². The molecule has 36 heavy (non-hydrogen) atoms. The Morgan fingerprint density at radius 3 is 1.42 bits per heavy atom. The van der Waals surface area contributed by atoms with Gasteiger partial charge in [0.05, 0.1) is 12.1 Å². The number of nitriles is 2. The number of rotatable bonds is 8. The van der Waals surface area contributed by atoms with E-state index in [4.69, 9.17) is 0 Å². The van der Waals surface area contributed by atoms with Gasteiger partial charge in [0.2, 0.25) is 0 Å². The third-order valence-electron chi connectivity index (χ3n) is 5.56. The molecule has 2 N–H and O–H groups in total. The maximum absolute atomic E-state index is 12.7. The maximum Gasteiger partial charge on any atom is 0.262 e. The topological polar surface area (TPSA) is 106 Å². The van der Waals surface area contributed by atoms with Crippen LogP contribution in [-0.4, -0.2) is 11.8 Å². The largest absolute Gasteiger partial charge is 0.345 e. The molecular formula is C30H26N4O2. The van der Waals surface area contributed by atoms with Gasteiger partial charge in [-0.15, -0.1) is 0 Å². The molecule has 0 aromatic heterocycles. The minimum Gasteiger partial charge on any atom is -0.345 e. The molecule has 0 aliphatic heterocycles. The van der Waals surface area contributed by atoms with E-state index in [0.717, 1.165) is 11.1 Å². The van der Waals surface area contributed by atoms with Gasteiger partial charge in [-0.2, -0.15) is 10.5 Å². The number of carbonyl (C=O) groups is 2. The van der Waals surface area contributed by atoms with Crippen molar-refractivity contribution >= 4 is 24.0 Å². The van der Waals surface area contributed by atoms with Gasteiger partial charge in [0, 0.05) is 0 Å². The van der Waals surface area contributed by atoms with Gasteiger partial charge in [0.15, 0.2) is 0 Å². The van der Waals surface area contributed by atoms with Crippen LogP contribution in [0.5, 0.6) is 0 Å². The highest BCUT2D eigenvalue weighted by molar-refractivity contribution is 6.03. The Morgan fingerprint density at radius 1 is 0.667 bits per heavy atom. The molecule has 0 heterocycles. The Labute approximate surface area is 211 Å². The summed E-state index contributed by atoms with van der Waals surface area (Å²) in [5.74, 6) is -0.969. The molecule has 2 amide bonds. The first-order valence-corrected chi connectivity index (χ1v) is 11.5. The summed E-state index contributed by atoms with van der Waals surface area (Å²) in [6, 6.07) is 29.2. The van der Waals surface area contributed by atoms with E-state index in [2.05, 4.69) is 10.6 Å². The first-order valence-electron chi connectivity index (χ1n) is 11.5. The van der Waals surface area contributed by atoms with Crippen molar-refractivity contribution in [2.75, 3.05) is 0 Å². The number of benzene rings is 3. The third-order valence-corrected chi connectivity index (χ3v) is 5.56. The van der Waals surface area contributed by atoms with E-state index in [0.29, 0.717) is 11.1 Å². The van der Waals surface area contributed by atoms with Crippen LogP contribution >= 0.6 is 0 Å². The Morgan fingerprint density at radius 2 is 1.06 bits per heavy atom. The lowest BCUT2D eigenvalue weighted by Gasteiger charge is -2.14. The van der Waals surface area contributed by atoms with E-state index in [1.165, 1.54) is 12.2 Å². The predicted molar refractivity (Wildman–Crippen MR) is 140 cm³/mol. The van der Waals surface area contributed by atoms with Crippen molar-refractivity contribution in [1.29, 1.82) is 10.5 Å². The summed E-state index contributed by atoms with van der Waals surface area (Å²) in [5, 5.41) is 24.8. The molecule has 0 saturated heterocycles. The second kappa shape index (κ2) is 12.5. The Bertz CT molecular complexity index is 1260. The smallest absolute Gasteiger partial charge is 0.262 e. The van der Waals surface area contributed by atoms with Gasteiger partial charge >= 0.3 is 0 Å². The zero-order valence-corrected chi connectivity index (χ0v) is 20.1. The number of carbonyl (C=O) groups excluding carboxylic acids is 2. The molecule has 0 aliphatic carbocycles. The fourth-order valence-corrected chi connectivity index (χ4v) is 3.57. The Hall–Kier alpha value is -4.94.